The van der Waals surface area contributed by atoms with Crippen LogP contribution in [0.15, 0.2) is 6.07 Å². The molecule has 17 heavy (non-hydrogen) atoms. The molecule has 1 aromatic rings. The van der Waals surface area contributed by atoms with Crippen molar-refractivity contribution >= 4 is 17.4 Å². The predicted octanol–water partition coefficient (Wildman–Crippen LogP) is 1.22. The molecule has 0 atom stereocenters. The van der Waals surface area contributed by atoms with Gasteiger partial charge in [0.1, 0.15) is 24.0 Å². The van der Waals surface area contributed by atoms with Crippen molar-refractivity contribution in [3.63, 3.8) is 0 Å². The second kappa shape index (κ2) is 4.81. The van der Waals surface area contributed by atoms with E-state index in [4.69, 9.17) is 21.1 Å². The minimum atomic E-state index is -0.267. The van der Waals surface area contributed by atoms with Gasteiger partial charge in [-0.2, -0.15) is 0 Å². The lowest BCUT2D eigenvalue weighted by Crippen LogP contribution is -2.20. The number of phenols is 1. The van der Waals surface area contributed by atoms with Crippen molar-refractivity contribution < 1.29 is 19.4 Å². The molecule has 0 aromatic heterocycles. The topological polar surface area (TPSA) is 67.8 Å². The van der Waals surface area contributed by atoms with Crippen LogP contribution in [-0.4, -0.2) is 37.7 Å². The molecular formula is C11H12ClNO4. The zero-order valence-corrected chi connectivity index (χ0v) is 10.0. The Morgan fingerprint density at radius 1 is 1.53 bits per heavy atom. The maximum atomic E-state index is 11.7. The van der Waals surface area contributed by atoms with Gasteiger partial charge in [-0.15, -0.1) is 0 Å². The number of hydrogen-bond donors (Lipinski definition) is 2. The Bertz CT molecular complexity index is 461. The molecule has 0 spiro atoms. The molecule has 6 heteroatoms. The summed E-state index contributed by atoms with van der Waals surface area (Å²) >= 11 is 5.93. The molecule has 1 aliphatic rings. The van der Waals surface area contributed by atoms with Gasteiger partial charge in [-0.1, -0.05) is 11.6 Å². The van der Waals surface area contributed by atoms with Gasteiger partial charge in [-0.3, -0.25) is 4.79 Å². The van der Waals surface area contributed by atoms with Gasteiger partial charge in [0.05, 0.1) is 12.1 Å². The molecule has 2 N–H and O–H groups in total. The van der Waals surface area contributed by atoms with E-state index in [1.54, 1.807) is 7.05 Å². The molecule has 0 bridgehead atoms. The summed E-state index contributed by atoms with van der Waals surface area (Å²) in [6.07, 6.45) is 0. The minimum Gasteiger partial charge on any atom is -0.505 e. The molecule has 0 radical (unpaired) electrons. The van der Waals surface area contributed by atoms with Crippen LogP contribution in [0.25, 0.3) is 0 Å². The SMILES string of the molecule is CNCC(=O)c1cc2c(c(Cl)c1O)OCCO2. The lowest BCUT2D eigenvalue weighted by atomic mass is 10.1. The summed E-state index contributed by atoms with van der Waals surface area (Å²) in [4.78, 5) is 11.7. The van der Waals surface area contributed by atoms with Crippen LogP contribution in [0.2, 0.25) is 5.02 Å². The molecule has 0 unspecified atom stereocenters. The zero-order valence-electron chi connectivity index (χ0n) is 9.25. The highest BCUT2D eigenvalue weighted by molar-refractivity contribution is 6.34. The van der Waals surface area contributed by atoms with Crippen molar-refractivity contribution in [1.82, 2.24) is 5.32 Å². The molecule has 0 fully saturated rings. The largest absolute Gasteiger partial charge is 0.505 e. The van der Waals surface area contributed by atoms with Gasteiger partial charge in [-0.05, 0) is 13.1 Å². The standard InChI is InChI=1S/C11H12ClNO4/c1-13-5-7(14)6-4-8-11(9(12)10(6)15)17-3-2-16-8/h4,13,15H,2-3,5H2,1H3. The highest BCUT2D eigenvalue weighted by Crippen LogP contribution is 2.44. The molecule has 1 aromatic carbocycles. The van der Waals surface area contributed by atoms with E-state index in [1.807, 2.05) is 0 Å². The van der Waals surface area contributed by atoms with E-state index in [2.05, 4.69) is 5.32 Å². The number of carbonyl (C=O) groups is 1. The molecule has 5 nitrogen and oxygen atoms in total. The van der Waals surface area contributed by atoms with Crippen molar-refractivity contribution in [2.75, 3.05) is 26.8 Å². The number of Topliss-reactive ketones (excluding diaryl/α,β-unsaturated/α-hetero) is 1. The van der Waals surface area contributed by atoms with Crippen LogP contribution in [0.3, 0.4) is 0 Å². The summed E-state index contributed by atoms with van der Waals surface area (Å²) in [5, 5.41) is 12.6. The molecule has 1 aliphatic heterocycles. The maximum absolute atomic E-state index is 11.7. The second-order valence-electron chi connectivity index (χ2n) is 3.56. The monoisotopic (exact) mass is 257 g/mol. The highest BCUT2D eigenvalue weighted by atomic mass is 35.5. The summed E-state index contributed by atoms with van der Waals surface area (Å²) in [7, 11) is 1.65. The molecule has 0 aliphatic carbocycles. The number of halogens is 1. The molecule has 0 saturated carbocycles. The smallest absolute Gasteiger partial charge is 0.183 e. The molecule has 0 amide bonds. The van der Waals surface area contributed by atoms with E-state index < -0.39 is 0 Å². The number of carbonyl (C=O) groups excluding carboxylic acids is 1. The van der Waals surface area contributed by atoms with Gasteiger partial charge in [-0.25, -0.2) is 0 Å². The third-order valence-corrected chi connectivity index (χ3v) is 2.74. The first-order chi connectivity index (χ1) is 8.15. The van der Waals surface area contributed by atoms with Crippen LogP contribution < -0.4 is 14.8 Å². The number of rotatable bonds is 3. The fraction of sp³-hybridized carbons (Fsp3) is 0.364. The van der Waals surface area contributed by atoms with Crippen LogP contribution in [0, 0.1) is 0 Å². The Labute approximate surface area is 103 Å². The Morgan fingerprint density at radius 2 is 2.24 bits per heavy atom. The minimum absolute atomic E-state index is 0.0154. The zero-order chi connectivity index (χ0) is 12.4. The molecule has 92 valence electrons. The van der Waals surface area contributed by atoms with Crippen LogP contribution in [-0.2, 0) is 0 Å². The quantitative estimate of drug-likeness (QED) is 0.797. The van der Waals surface area contributed by atoms with E-state index in [0.29, 0.717) is 19.0 Å². The summed E-state index contributed by atoms with van der Waals surface area (Å²) < 4.78 is 10.6. The van der Waals surface area contributed by atoms with Crippen molar-refractivity contribution in [1.29, 1.82) is 0 Å². The Morgan fingerprint density at radius 3 is 2.94 bits per heavy atom. The normalized spacial score (nSPS) is 13.5. The number of phenolic OH excluding ortho intramolecular Hbond substituents is 1. The third kappa shape index (κ3) is 2.16. The number of ether oxygens (including phenoxy) is 2. The highest BCUT2D eigenvalue weighted by Gasteiger charge is 2.24. The van der Waals surface area contributed by atoms with Crippen molar-refractivity contribution in [3.8, 4) is 17.2 Å². The maximum Gasteiger partial charge on any atom is 0.183 e. The van der Waals surface area contributed by atoms with E-state index in [-0.39, 0.29) is 34.4 Å². The number of nitrogens with one attached hydrogen (secondary N) is 1. The summed E-state index contributed by atoms with van der Waals surface area (Å²) in [5.74, 6) is 0.148. The van der Waals surface area contributed by atoms with E-state index in [9.17, 15) is 9.90 Å². The lowest BCUT2D eigenvalue weighted by Gasteiger charge is -2.21. The van der Waals surface area contributed by atoms with Gasteiger partial charge in [0.25, 0.3) is 0 Å². The van der Waals surface area contributed by atoms with Crippen molar-refractivity contribution in [2.45, 2.75) is 0 Å². The number of likely N-dealkylation sites (N-methyl/N-ethyl adjacent to an activating group) is 1. The van der Waals surface area contributed by atoms with Crippen LogP contribution in [0.1, 0.15) is 10.4 Å². The summed E-state index contributed by atoms with van der Waals surface area (Å²) in [6.45, 7) is 0.882. The fourth-order valence-electron chi connectivity index (χ4n) is 1.60. The number of aromatic hydroxyl groups is 1. The van der Waals surface area contributed by atoms with Gasteiger partial charge in [0, 0.05) is 0 Å². The molecule has 2 rings (SSSR count). The van der Waals surface area contributed by atoms with E-state index in [0.717, 1.165) is 0 Å². The summed E-state index contributed by atoms with van der Waals surface area (Å²) in [6, 6.07) is 1.45. The predicted molar refractivity (Wildman–Crippen MR) is 62.4 cm³/mol. The van der Waals surface area contributed by atoms with Crippen molar-refractivity contribution in [2.24, 2.45) is 0 Å². The van der Waals surface area contributed by atoms with Gasteiger partial charge in [0.15, 0.2) is 17.3 Å². The van der Waals surface area contributed by atoms with Gasteiger partial charge < -0.3 is 19.9 Å². The number of ketones is 1. The Balaban J connectivity index is 2.47. The first-order valence-electron chi connectivity index (χ1n) is 5.14. The van der Waals surface area contributed by atoms with E-state index in [1.165, 1.54) is 6.07 Å². The Hall–Kier alpha value is -1.46. The fourth-order valence-corrected chi connectivity index (χ4v) is 1.85. The van der Waals surface area contributed by atoms with Crippen molar-refractivity contribution in [3.05, 3.63) is 16.7 Å². The third-order valence-electron chi connectivity index (χ3n) is 2.39. The number of benzene rings is 1. The summed E-state index contributed by atoms with van der Waals surface area (Å²) in [5.41, 5.74) is 0.133. The Kier molecular flexibility index (Phi) is 3.40. The number of fused-ring (bicyclic) bond motifs is 1. The molecule has 1 heterocycles. The van der Waals surface area contributed by atoms with Crippen LogP contribution in [0.5, 0.6) is 17.2 Å². The average Bonchev–Trinajstić information content (AvgIpc) is 2.34. The molecule has 0 saturated heterocycles. The van der Waals surface area contributed by atoms with E-state index >= 15 is 0 Å². The second-order valence-corrected chi connectivity index (χ2v) is 3.94. The van der Waals surface area contributed by atoms with Gasteiger partial charge in [0.2, 0.25) is 0 Å². The number of hydrogen-bond acceptors (Lipinski definition) is 5. The van der Waals surface area contributed by atoms with Crippen LogP contribution >= 0.6 is 11.6 Å². The first-order valence-corrected chi connectivity index (χ1v) is 5.51. The molecular weight excluding hydrogens is 246 g/mol. The van der Waals surface area contributed by atoms with Gasteiger partial charge >= 0.3 is 0 Å². The lowest BCUT2D eigenvalue weighted by molar-refractivity contribution is 0.0989. The first kappa shape index (κ1) is 12.0. The van der Waals surface area contributed by atoms with Crippen LogP contribution in [0.4, 0.5) is 0 Å². The average molecular weight is 258 g/mol.